The summed E-state index contributed by atoms with van der Waals surface area (Å²) < 4.78 is 42.5. The maximum Gasteiger partial charge on any atom is 0.416 e. The molecule has 0 bridgehead atoms. The van der Waals surface area contributed by atoms with E-state index in [0.29, 0.717) is 11.3 Å². The van der Waals surface area contributed by atoms with Crippen LogP contribution in [0.3, 0.4) is 0 Å². The van der Waals surface area contributed by atoms with Gasteiger partial charge in [-0.05, 0) is 23.8 Å². The van der Waals surface area contributed by atoms with Gasteiger partial charge in [-0.3, -0.25) is 0 Å². The van der Waals surface area contributed by atoms with E-state index >= 15 is 0 Å². The van der Waals surface area contributed by atoms with Crippen LogP contribution < -0.4 is 0 Å². The third-order valence-corrected chi connectivity index (χ3v) is 2.51. The molecule has 0 spiro atoms. The monoisotopic (exact) mass is 270 g/mol. The number of halogens is 3. The Balaban J connectivity index is 2.21. The third kappa shape index (κ3) is 3.15. The number of aromatic carboxylic acids is 1. The van der Waals surface area contributed by atoms with Gasteiger partial charge >= 0.3 is 12.1 Å². The Hall–Kier alpha value is -2.24. The molecule has 1 N–H and O–H groups in total. The van der Waals surface area contributed by atoms with Gasteiger partial charge in [-0.1, -0.05) is 18.2 Å². The number of carboxylic acids is 1. The van der Waals surface area contributed by atoms with Gasteiger partial charge < -0.3 is 9.52 Å². The highest BCUT2D eigenvalue weighted by Crippen LogP contribution is 2.30. The van der Waals surface area contributed by atoms with Crippen molar-refractivity contribution in [3.8, 4) is 0 Å². The van der Waals surface area contributed by atoms with Crippen molar-refractivity contribution in [2.45, 2.75) is 12.6 Å². The molecule has 1 aromatic heterocycles. The van der Waals surface area contributed by atoms with Crippen molar-refractivity contribution in [1.29, 1.82) is 0 Å². The first-order valence-electron chi connectivity index (χ1n) is 5.34. The van der Waals surface area contributed by atoms with Gasteiger partial charge in [0.1, 0.15) is 5.76 Å². The molecule has 0 atom stereocenters. The average molecular weight is 270 g/mol. The summed E-state index contributed by atoms with van der Waals surface area (Å²) in [6.07, 6.45) is -4.29. The Morgan fingerprint density at radius 1 is 1.21 bits per heavy atom. The first-order chi connectivity index (χ1) is 8.86. The Labute approximate surface area is 106 Å². The lowest BCUT2D eigenvalue weighted by atomic mass is 10.1. The molecule has 0 radical (unpaired) electrons. The summed E-state index contributed by atoms with van der Waals surface area (Å²) in [4.78, 5) is 10.6. The number of carbonyl (C=O) groups is 1. The molecule has 0 saturated carbocycles. The molecule has 0 aliphatic rings. The molecule has 2 aromatic rings. The first kappa shape index (κ1) is 13.2. The van der Waals surface area contributed by atoms with E-state index in [1.165, 1.54) is 24.3 Å². The highest BCUT2D eigenvalue weighted by Gasteiger charge is 2.30. The zero-order chi connectivity index (χ0) is 14.0. The topological polar surface area (TPSA) is 50.4 Å². The Morgan fingerprint density at radius 2 is 1.95 bits per heavy atom. The van der Waals surface area contributed by atoms with Crippen LogP contribution >= 0.6 is 0 Å². The van der Waals surface area contributed by atoms with E-state index in [0.717, 1.165) is 12.1 Å². The second-order valence-electron chi connectivity index (χ2n) is 3.95. The van der Waals surface area contributed by atoms with Gasteiger partial charge in [-0.15, -0.1) is 0 Å². The van der Waals surface area contributed by atoms with Crippen molar-refractivity contribution < 1.29 is 27.5 Å². The van der Waals surface area contributed by atoms with E-state index < -0.39 is 17.7 Å². The summed E-state index contributed by atoms with van der Waals surface area (Å²) in [7, 11) is 0. The smallest absolute Gasteiger partial charge is 0.416 e. The highest BCUT2D eigenvalue weighted by atomic mass is 19.4. The molecule has 0 saturated heterocycles. The number of hydrogen-bond donors (Lipinski definition) is 1. The minimum Gasteiger partial charge on any atom is -0.475 e. The van der Waals surface area contributed by atoms with E-state index in [4.69, 9.17) is 9.52 Å². The summed E-state index contributed by atoms with van der Waals surface area (Å²) in [5.74, 6) is -1.14. The van der Waals surface area contributed by atoms with Gasteiger partial charge in [0.25, 0.3) is 0 Å². The average Bonchev–Trinajstić information content (AvgIpc) is 2.77. The highest BCUT2D eigenvalue weighted by molar-refractivity contribution is 5.84. The van der Waals surface area contributed by atoms with Crippen molar-refractivity contribution in [1.82, 2.24) is 0 Å². The fourth-order valence-corrected chi connectivity index (χ4v) is 1.65. The SMILES string of the molecule is O=C(O)c1ccc(Cc2cccc(C(F)(F)F)c2)o1. The molecular weight excluding hydrogens is 261 g/mol. The van der Waals surface area contributed by atoms with E-state index in [2.05, 4.69) is 0 Å². The number of furan rings is 1. The molecular formula is C13H9F3O3. The van der Waals surface area contributed by atoms with Crippen molar-refractivity contribution in [3.63, 3.8) is 0 Å². The molecule has 1 aromatic carbocycles. The maximum absolute atomic E-state index is 12.5. The van der Waals surface area contributed by atoms with Crippen LogP contribution in [0.15, 0.2) is 40.8 Å². The van der Waals surface area contributed by atoms with Gasteiger partial charge in [-0.25, -0.2) is 4.79 Å². The minimum atomic E-state index is -4.40. The fraction of sp³-hybridized carbons (Fsp3) is 0.154. The Bertz CT molecular complexity index is 599. The third-order valence-electron chi connectivity index (χ3n) is 2.51. The van der Waals surface area contributed by atoms with E-state index in [1.807, 2.05) is 0 Å². The summed E-state index contributed by atoms with van der Waals surface area (Å²) >= 11 is 0. The molecule has 0 fully saturated rings. The largest absolute Gasteiger partial charge is 0.475 e. The molecule has 0 aliphatic heterocycles. The zero-order valence-electron chi connectivity index (χ0n) is 9.57. The Morgan fingerprint density at radius 3 is 2.53 bits per heavy atom. The Kier molecular flexibility index (Phi) is 3.33. The van der Waals surface area contributed by atoms with Crippen molar-refractivity contribution in [2.75, 3.05) is 0 Å². The number of rotatable bonds is 3. The van der Waals surface area contributed by atoms with Crippen molar-refractivity contribution >= 4 is 5.97 Å². The first-order valence-corrected chi connectivity index (χ1v) is 5.34. The van der Waals surface area contributed by atoms with Crippen LogP contribution in [-0.2, 0) is 12.6 Å². The van der Waals surface area contributed by atoms with Crippen LogP contribution in [0.4, 0.5) is 13.2 Å². The van der Waals surface area contributed by atoms with Gasteiger partial charge in [0.15, 0.2) is 0 Å². The van der Waals surface area contributed by atoms with Crippen LogP contribution in [0.25, 0.3) is 0 Å². The van der Waals surface area contributed by atoms with E-state index in [-0.39, 0.29) is 12.2 Å². The van der Waals surface area contributed by atoms with Gasteiger partial charge in [-0.2, -0.15) is 13.2 Å². The summed E-state index contributed by atoms with van der Waals surface area (Å²) in [6, 6.07) is 7.53. The lowest BCUT2D eigenvalue weighted by molar-refractivity contribution is -0.137. The molecule has 19 heavy (non-hydrogen) atoms. The second-order valence-corrected chi connectivity index (χ2v) is 3.95. The molecule has 1 heterocycles. The van der Waals surface area contributed by atoms with Gasteiger partial charge in [0, 0.05) is 6.42 Å². The standard InChI is InChI=1S/C13H9F3O3/c14-13(15,16)9-3-1-2-8(6-9)7-10-4-5-11(19-10)12(17)18/h1-6H,7H2,(H,17,18). The number of carboxylic acid groups (broad SMARTS) is 1. The molecule has 0 unspecified atom stereocenters. The summed E-state index contributed by atoms with van der Waals surface area (Å²) in [6.45, 7) is 0. The van der Waals surface area contributed by atoms with Crippen LogP contribution in [0.1, 0.15) is 27.4 Å². The maximum atomic E-state index is 12.5. The second kappa shape index (κ2) is 4.79. The molecule has 0 aliphatic carbocycles. The van der Waals surface area contributed by atoms with Crippen LogP contribution in [0.2, 0.25) is 0 Å². The van der Waals surface area contributed by atoms with Crippen LogP contribution in [0, 0.1) is 0 Å². The zero-order valence-corrected chi connectivity index (χ0v) is 9.57. The summed E-state index contributed by atoms with van der Waals surface area (Å²) in [5, 5.41) is 8.67. The number of hydrogen-bond acceptors (Lipinski definition) is 2. The van der Waals surface area contributed by atoms with E-state index in [9.17, 15) is 18.0 Å². The van der Waals surface area contributed by atoms with Crippen LogP contribution in [-0.4, -0.2) is 11.1 Å². The van der Waals surface area contributed by atoms with Gasteiger partial charge in [0.2, 0.25) is 5.76 Å². The predicted octanol–water partition coefficient (Wildman–Crippen LogP) is 3.59. The molecule has 3 nitrogen and oxygen atoms in total. The lowest BCUT2D eigenvalue weighted by Gasteiger charge is -2.07. The fourth-order valence-electron chi connectivity index (χ4n) is 1.65. The minimum absolute atomic E-state index is 0.108. The molecule has 0 amide bonds. The predicted molar refractivity (Wildman–Crippen MR) is 59.9 cm³/mol. The van der Waals surface area contributed by atoms with Crippen LogP contribution in [0.5, 0.6) is 0 Å². The molecule has 2 rings (SSSR count). The lowest BCUT2D eigenvalue weighted by Crippen LogP contribution is -2.05. The van der Waals surface area contributed by atoms with E-state index in [1.54, 1.807) is 0 Å². The number of benzene rings is 1. The molecule has 6 heteroatoms. The quantitative estimate of drug-likeness (QED) is 0.927. The normalized spacial score (nSPS) is 11.5. The molecule has 100 valence electrons. The summed E-state index contributed by atoms with van der Waals surface area (Å²) in [5.41, 5.74) is -0.337. The van der Waals surface area contributed by atoms with Gasteiger partial charge in [0.05, 0.1) is 5.56 Å². The number of alkyl halides is 3. The van der Waals surface area contributed by atoms with Crippen molar-refractivity contribution in [2.24, 2.45) is 0 Å². The van der Waals surface area contributed by atoms with Crippen molar-refractivity contribution in [3.05, 3.63) is 59.0 Å².